The van der Waals surface area contributed by atoms with E-state index in [9.17, 15) is 14.3 Å². The molecule has 136 valence electrons. The van der Waals surface area contributed by atoms with E-state index < -0.39 is 0 Å². The van der Waals surface area contributed by atoms with Crippen molar-refractivity contribution in [2.75, 3.05) is 19.6 Å². The summed E-state index contributed by atoms with van der Waals surface area (Å²) in [6, 6.07) is 12.4. The molecule has 26 heavy (non-hydrogen) atoms. The van der Waals surface area contributed by atoms with E-state index in [1.165, 1.54) is 11.6 Å². The number of phenolic OH excluding ortho intramolecular Hbond substituents is 1. The lowest BCUT2D eigenvalue weighted by Crippen LogP contribution is -2.53. The number of phenols is 1. The number of aryl methyl sites for hydroxylation is 1. The number of hydrogen-bond acceptors (Lipinski definition) is 3. The molecule has 2 fully saturated rings. The van der Waals surface area contributed by atoms with E-state index in [-0.39, 0.29) is 23.5 Å². The Bertz CT molecular complexity index is 815. The smallest absolute Gasteiger partial charge is 0.240 e. The lowest BCUT2D eigenvalue weighted by molar-refractivity contribution is -0.134. The Morgan fingerprint density at radius 1 is 1.15 bits per heavy atom. The van der Waals surface area contributed by atoms with Crippen molar-refractivity contribution in [2.24, 2.45) is 0 Å². The van der Waals surface area contributed by atoms with Gasteiger partial charge in [0.1, 0.15) is 11.6 Å². The van der Waals surface area contributed by atoms with Crippen LogP contribution in [0.2, 0.25) is 0 Å². The average Bonchev–Trinajstić information content (AvgIpc) is 2.92. The highest BCUT2D eigenvalue weighted by Crippen LogP contribution is 2.33. The lowest BCUT2D eigenvalue weighted by Gasteiger charge is -2.42. The quantitative estimate of drug-likeness (QED) is 0.918. The molecular formula is C21H23FN2O2. The van der Waals surface area contributed by atoms with E-state index in [1.807, 2.05) is 23.1 Å². The van der Waals surface area contributed by atoms with Gasteiger partial charge in [-0.25, -0.2) is 4.39 Å². The Morgan fingerprint density at radius 2 is 1.88 bits per heavy atom. The molecular weight excluding hydrogens is 331 g/mol. The summed E-state index contributed by atoms with van der Waals surface area (Å²) in [7, 11) is 0. The Morgan fingerprint density at radius 3 is 2.58 bits per heavy atom. The normalized spacial score (nSPS) is 21.2. The van der Waals surface area contributed by atoms with Gasteiger partial charge in [0.2, 0.25) is 5.91 Å². The fourth-order valence-electron chi connectivity index (χ4n) is 3.90. The number of rotatable bonds is 4. The number of benzene rings is 2. The van der Waals surface area contributed by atoms with Crippen LogP contribution in [-0.2, 0) is 11.3 Å². The Kier molecular flexibility index (Phi) is 4.41. The predicted molar refractivity (Wildman–Crippen MR) is 97.4 cm³/mol. The molecule has 0 spiro atoms. The van der Waals surface area contributed by atoms with Crippen LogP contribution in [0, 0.1) is 12.7 Å². The summed E-state index contributed by atoms with van der Waals surface area (Å²) in [5.41, 5.74) is 2.67. The summed E-state index contributed by atoms with van der Waals surface area (Å²) in [5, 5.41) is 9.39. The molecule has 1 amide bonds. The summed E-state index contributed by atoms with van der Waals surface area (Å²) in [6.45, 7) is 4.67. The van der Waals surface area contributed by atoms with Crippen molar-refractivity contribution in [3.63, 3.8) is 0 Å². The third-order valence-corrected chi connectivity index (χ3v) is 5.59. The van der Waals surface area contributed by atoms with Crippen molar-refractivity contribution in [2.45, 2.75) is 31.8 Å². The number of amides is 1. The Balaban J connectivity index is 1.34. The zero-order chi connectivity index (χ0) is 18.3. The van der Waals surface area contributed by atoms with Gasteiger partial charge in [-0.1, -0.05) is 24.3 Å². The minimum Gasteiger partial charge on any atom is -0.508 e. The van der Waals surface area contributed by atoms with E-state index in [0.717, 1.165) is 31.6 Å². The van der Waals surface area contributed by atoms with Crippen LogP contribution < -0.4 is 0 Å². The van der Waals surface area contributed by atoms with Crippen molar-refractivity contribution < 1.29 is 14.3 Å². The highest BCUT2D eigenvalue weighted by molar-refractivity contribution is 5.84. The van der Waals surface area contributed by atoms with Crippen molar-refractivity contribution in [1.82, 2.24) is 9.80 Å². The summed E-state index contributed by atoms with van der Waals surface area (Å²) >= 11 is 0. The van der Waals surface area contributed by atoms with Gasteiger partial charge in [-0.3, -0.25) is 9.69 Å². The van der Waals surface area contributed by atoms with Gasteiger partial charge >= 0.3 is 0 Å². The molecule has 0 saturated carbocycles. The van der Waals surface area contributed by atoms with Crippen LogP contribution in [0.25, 0.3) is 0 Å². The fourth-order valence-corrected chi connectivity index (χ4v) is 3.90. The maximum absolute atomic E-state index is 13.7. The molecule has 0 aliphatic carbocycles. The zero-order valence-corrected chi connectivity index (χ0v) is 14.9. The molecule has 0 aromatic heterocycles. The number of carbonyl (C=O) groups is 1. The van der Waals surface area contributed by atoms with Gasteiger partial charge in [-0.05, 0) is 48.2 Å². The van der Waals surface area contributed by atoms with Gasteiger partial charge < -0.3 is 10.0 Å². The first-order chi connectivity index (χ1) is 12.5. The van der Waals surface area contributed by atoms with Crippen LogP contribution in [0.3, 0.4) is 0 Å². The molecule has 2 aromatic rings. The molecule has 5 heteroatoms. The van der Waals surface area contributed by atoms with Gasteiger partial charge in [-0.2, -0.15) is 0 Å². The minimum absolute atomic E-state index is 0.0568. The molecule has 2 saturated heterocycles. The molecule has 4 rings (SSSR count). The summed E-state index contributed by atoms with van der Waals surface area (Å²) in [6.07, 6.45) is 0.829. The second-order valence-electron chi connectivity index (χ2n) is 7.39. The Hall–Kier alpha value is -2.40. The number of hydrogen-bond donors (Lipinski definition) is 1. The van der Waals surface area contributed by atoms with Crippen LogP contribution >= 0.6 is 0 Å². The summed E-state index contributed by atoms with van der Waals surface area (Å²) < 4.78 is 13.7. The Labute approximate surface area is 152 Å². The van der Waals surface area contributed by atoms with E-state index >= 15 is 0 Å². The van der Waals surface area contributed by atoms with Gasteiger partial charge in [0.15, 0.2) is 0 Å². The molecule has 1 N–H and O–H groups in total. The van der Waals surface area contributed by atoms with Crippen molar-refractivity contribution >= 4 is 5.91 Å². The molecule has 4 nitrogen and oxygen atoms in total. The highest BCUT2D eigenvalue weighted by atomic mass is 19.1. The first-order valence-electron chi connectivity index (χ1n) is 9.08. The standard InChI is InChI=1S/C21H23FN2O2/c1-14-2-3-15(10-19(14)22)11-23-9-8-20(21(23)26)24-12-17(13-24)16-4-6-18(25)7-5-16/h2-7,10,17,20,25H,8-9,11-13H2,1H3/t20-/m0/s1. The minimum atomic E-state index is -0.217. The van der Waals surface area contributed by atoms with Crippen LogP contribution in [0.5, 0.6) is 5.75 Å². The van der Waals surface area contributed by atoms with E-state index in [4.69, 9.17) is 0 Å². The molecule has 0 unspecified atom stereocenters. The first kappa shape index (κ1) is 17.0. The first-order valence-corrected chi connectivity index (χ1v) is 9.08. The number of carbonyl (C=O) groups excluding carboxylic acids is 1. The molecule has 2 aliphatic rings. The van der Waals surface area contributed by atoms with Gasteiger partial charge in [0.05, 0.1) is 6.04 Å². The second-order valence-corrected chi connectivity index (χ2v) is 7.39. The SMILES string of the molecule is Cc1ccc(CN2CC[C@H](N3CC(c4ccc(O)cc4)C3)C2=O)cc1F. The van der Waals surface area contributed by atoms with Crippen LogP contribution in [0.1, 0.15) is 29.0 Å². The zero-order valence-electron chi connectivity index (χ0n) is 14.9. The molecule has 2 heterocycles. The predicted octanol–water partition coefficient (Wildman–Crippen LogP) is 3.04. The van der Waals surface area contributed by atoms with Crippen molar-refractivity contribution in [1.29, 1.82) is 0 Å². The monoisotopic (exact) mass is 354 g/mol. The summed E-state index contributed by atoms with van der Waals surface area (Å²) in [4.78, 5) is 16.8. The van der Waals surface area contributed by atoms with Gasteiger partial charge in [0, 0.05) is 32.1 Å². The van der Waals surface area contributed by atoms with E-state index in [2.05, 4.69) is 4.90 Å². The number of likely N-dealkylation sites (tertiary alicyclic amines) is 2. The maximum atomic E-state index is 13.7. The van der Waals surface area contributed by atoms with Crippen molar-refractivity contribution in [3.8, 4) is 5.75 Å². The van der Waals surface area contributed by atoms with Crippen LogP contribution in [0.4, 0.5) is 4.39 Å². The summed E-state index contributed by atoms with van der Waals surface area (Å²) in [5.74, 6) is 0.628. The number of nitrogens with zero attached hydrogens (tertiary/aromatic N) is 2. The second kappa shape index (κ2) is 6.72. The van der Waals surface area contributed by atoms with Gasteiger partial charge in [0.25, 0.3) is 0 Å². The van der Waals surface area contributed by atoms with Gasteiger partial charge in [-0.15, -0.1) is 0 Å². The third kappa shape index (κ3) is 3.19. The largest absolute Gasteiger partial charge is 0.508 e. The molecule has 2 aromatic carbocycles. The number of aromatic hydroxyl groups is 1. The average molecular weight is 354 g/mol. The van der Waals surface area contributed by atoms with E-state index in [1.54, 1.807) is 25.1 Å². The molecule has 2 aliphatic heterocycles. The third-order valence-electron chi connectivity index (χ3n) is 5.59. The molecule has 0 radical (unpaired) electrons. The van der Waals surface area contributed by atoms with E-state index in [0.29, 0.717) is 18.0 Å². The van der Waals surface area contributed by atoms with Crippen molar-refractivity contribution in [3.05, 3.63) is 65.0 Å². The van der Waals surface area contributed by atoms with Crippen LogP contribution in [-0.4, -0.2) is 46.5 Å². The molecule has 1 atom stereocenters. The maximum Gasteiger partial charge on any atom is 0.240 e. The highest BCUT2D eigenvalue weighted by Gasteiger charge is 2.41. The fraction of sp³-hybridized carbons (Fsp3) is 0.381. The number of halogens is 1. The topological polar surface area (TPSA) is 43.8 Å². The molecule has 0 bridgehead atoms. The lowest BCUT2D eigenvalue weighted by atomic mass is 9.89. The van der Waals surface area contributed by atoms with Crippen LogP contribution in [0.15, 0.2) is 42.5 Å².